The van der Waals surface area contributed by atoms with Gasteiger partial charge in [-0.1, -0.05) is 0 Å². The normalized spacial score (nSPS) is 16.5. The van der Waals surface area contributed by atoms with E-state index in [0.717, 1.165) is 30.0 Å². The van der Waals surface area contributed by atoms with E-state index in [1.54, 1.807) is 25.1 Å². The summed E-state index contributed by atoms with van der Waals surface area (Å²) in [6.07, 6.45) is -1.63. The van der Waals surface area contributed by atoms with Crippen molar-refractivity contribution in [1.29, 1.82) is 0 Å². The molecule has 6 nitrogen and oxygen atoms in total. The van der Waals surface area contributed by atoms with Crippen molar-refractivity contribution in [2.45, 2.75) is 18.0 Å². The molecule has 0 spiro atoms. The number of sulfonamides is 1. The third kappa shape index (κ3) is 4.88. The van der Waals surface area contributed by atoms with Gasteiger partial charge in [0.1, 0.15) is 11.5 Å². The van der Waals surface area contributed by atoms with Crippen LogP contribution in [-0.4, -0.2) is 49.7 Å². The molecule has 2 heterocycles. The van der Waals surface area contributed by atoms with Gasteiger partial charge in [-0.15, -0.1) is 0 Å². The van der Waals surface area contributed by atoms with Crippen molar-refractivity contribution in [1.82, 2.24) is 9.21 Å². The molecule has 0 atom stereocenters. The van der Waals surface area contributed by atoms with Crippen LogP contribution >= 0.6 is 0 Å². The Kier molecular flexibility index (Phi) is 5.85. The number of furan rings is 1. The van der Waals surface area contributed by atoms with E-state index in [4.69, 9.17) is 4.42 Å². The van der Waals surface area contributed by atoms with Crippen LogP contribution in [-0.2, 0) is 21.0 Å². The first-order chi connectivity index (χ1) is 13.6. The zero-order chi connectivity index (χ0) is 21.2. The van der Waals surface area contributed by atoms with E-state index in [-0.39, 0.29) is 37.0 Å². The number of rotatable bonds is 4. The topological polar surface area (TPSA) is 70.8 Å². The van der Waals surface area contributed by atoms with Gasteiger partial charge in [0.05, 0.1) is 10.5 Å². The Morgan fingerprint density at radius 1 is 1.03 bits per heavy atom. The van der Waals surface area contributed by atoms with E-state index in [0.29, 0.717) is 5.76 Å². The summed E-state index contributed by atoms with van der Waals surface area (Å²) in [5.74, 6) is 0.990. The molecule has 0 N–H and O–H groups in total. The fourth-order valence-electron chi connectivity index (χ4n) is 2.92. The van der Waals surface area contributed by atoms with Gasteiger partial charge in [0.2, 0.25) is 15.9 Å². The first kappa shape index (κ1) is 21.1. The number of hydrogen-bond donors (Lipinski definition) is 0. The largest absolute Gasteiger partial charge is 0.462 e. The first-order valence-corrected chi connectivity index (χ1v) is 10.2. The van der Waals surface area contributed by atoms with E-state index >= 15 is 0 Å². The fourth-order valence-corrected chi connectivity index (χ4v) is 4.34. The van der Waals surface area contributed by atoms with Crippen LogP contribution < -0.4 is 0 Å². The molecule has 1 aliphatic heterocycles. The van der Waals surface area contributed by atoms with Gasteiger partial charge in [-0.05, 0) is 49.4 Å². The lowest BCUT2D eigenvalue weighted by molar-refractivity contribution is -0.137. The second-order valence-corrected chi connectivity index (χ2v) is 8.47. The summed E-state index contributed by atoms with van der Waals surface area (Å²) in [5, 5.41) is 0. The highest BCUT2D eigenvalue weighted by atomic mass is 32.2. The first-order valence-electron chi connectivity index (χ1n) is 8.78. The molecule has 2 aromatic rings. The number of halogens is 3. The zero-order valence-corrected chi connectivity index (χ0v) is 16.3. The predicted molar refractivity (Wildman–Crippen MR) is 99.3 cm³/mol. The predicted octanol–water partition coefficient (Wildman–Crippen LogP) is 3.15. The summed E-state index contributed by atoms with van der Waals surface area (Å²) in [7, 11) is -3.93. The highest BCUT2D eigenvalue weighted by molar-refractivity contribution is 7.89. The Bertz CT molecular complexity index is 1000. The molecule has 1 fully saturated rings. The molecule has 156 valence electrons. The quantitative estimate of drug-likeness (QED) is 0.702. The molecule has 1 saturated heterocycles. The van der Waals surface area contributed by atoms with Gasteiger partial charge in [0.25, 0.3) is 0 Å². The minimum absolute atomic E-state index is 0.0583. The maximum Gasteiger partial charge on any atom is 0.416 e. The van der Waals surface area contributed by atoms with Crippen molar-refractivity contribution >= 4 is 22.0 Å². The average molecular weight is 428 g/mol. The molecule has 3 rings (SSSR count). The zero-order valence-electron chi connectivity index (χ0n) is 15.5. The summed E-state index contributed by atoms with van der Waals surface area (Å²) < 4.78 is 69.8. The summed E-state index contributed by atoms with van der Waals surface area (Å²) in [5.41, 5.74) is -0.912. The lowest BCUT2D eigenvalue weighted by Gasteiger charge is -2.33. The van der Waals surface area contributed by atoms with Gasteiger partial charge >= 0.3 is 6.18 Å². The minimum atomic E-state index is -4.53. The van der Waals surface area contributed by atoms with Gasteiger partial charge in [-0.3, -0.25) is 4.79 Å². The van der Waals surface area contributed by atoms with E-state index in [2.05, 4.69) is 0 Å². The lowest BCUT2D eigenvalue weighted by atomic mass is 10.2. The molecular weight excluding hydrogens is 409 g/mol. The van der Waals surface area contributed by atoms with E-state index in [1.165, 1.54) is 15.3 Å². The maximum atomic E-state index is 12.7. The van der Waals surface area contributed by atoms with Gasteiger partial charge in [-0.2, -0.15) is 17.5 Å². The number of nitrogens with zero attached hydrogens (tertiary/aromatic N) is 2. The molecule has 0 aliphatic carbocycles. The molecule has 0 bridgehead atoms. The Balaban J connectivity index is 1.62. The summed E-state index contributed by atoms with van der Waals surface area (Å²) in [6.45, 7) is 2.27. The molecule has 0 radical (unpaired) electrons. The number of benzene rings is 1. The second-order valence-electron chi connectivity index (χ2n) is 6.53. The van der Waals surface area contributed by atoms with Crippen molar-refractivity contribution in [2.24, 2.45) is 0 Å². The molecule has 0 saturated carbocycles. The molecule has 29 heavy (non-hydrogen) atoms. The summed E-state index contributed by atoms with van der Waals surface area (Å²) in [6, 6.07) is 6.89. The highest BCUT2D eigenvalue weighted by Gasteiger charge is 2.33. The molecule has 1 aliphatic rings. The van der Waals surface area contributed by atoms with Crippen LogP contribution in [0.5, 0.6) is 0 Å². The minimum Gasteiger partial charge on any atom is -0.462 e. The van der Waals surface area contributed by atoms with Crippen molar-refractivity contribution in [2.75, 3.05) is 26.2 Å². The number of carbonyl (C=O) groups is 1. The van der Waals surface area contributed by atoms with E-state index in [9.17, 15) is 26.4 Å². The molecule has 1 aromatic heterocycles. The van der Waals surface area contributed by atoms with Crippen molar-refractivity contribution in [3.63, 3.8) is 0 Å². The van der Waals surface area contributed by atoms with Crippen LogP contribution in [0.1, 0.15) is 17.1 Å². The average Bonchev–Trinajstić information content (AvgIpc) is 3.11. The van der Waals surface area contributed by atoms with Gasteiger partial charge in [-0.25, -0.2) is 8.42 Å². The highest BCUT2D eigenvalue weighted by Crippen LogP contribution is 2.30. The summed E-state index contributed by atoms with van der Waals surface area (Å²) in [4.78, 5) is 13.6. The molecule has 10 heteroatoms. The van der Waals surface area contributed by atoms with E-state index < -0.39 is 21.8 Å². The summed E-state index contributed by atoms with van der Waals surface area (Å²) >= 11 is 0. The number of hydrogen-bond acceptors (Lipinski definition) is 4. The van der Waals surface area contributed by atoms with Gasteiger partial charge in [0.15, 0.2) is 0 Å². The van der Waals surface area contributed by atoms with Crippen molar-refractivity contribution < 1.29 is 30.8 Å². The Hall–Kier alpha value is -2.59. The monoisotopic (exact) mass is 428 g/mol. The van der Waals surface area contributed by atoms with Crippen LogP contribution in [0.15, 0.2) is 51.8 Å². The molecule has 1 aromatic carbocycles. The number of carbonyl (C=O) groups excluding carboxylic acids is 1. The molecule has 0 unspecified atom stereocenters. The Labute approximate surface area is 166 Å². The maximum absolute atomic E-state index is 12.7. The third-order valence-corrected chi connectivity index (χ3v) is 6.43. The van der Waals surface area contributed by atoms with Crippen molar-refractivity contribution in [3.8, 4) is 0 Å². The van der Waals surface area contributed by atoms with Crippen LogP contribution in [0, 0.1) is 6.92 Å². The van der Waals surface area contributed by atoms with Crippen LogP contribution in [0.3, 0.4) is 0 Å². The second kappa shape index (κ2) is 8.03. The van der Waals surface area contributed by atoms with Crippen LogP contribution in [0.25, 0.3) is 6.08 Å². The Morgan fingerprint density at radius 3 is 2.17 bits per heavy atom. The smallest absolute Gasteiger partial charge is 0.416 e. The number of alkyl halides is 3. The lowest BCUT2D eigenvalue weighted by Crippen LogP contribution is -2.50. The Morgan fingerprint density at radius 2 is 1.66 bits per heavy atom. The van der Waals surface area contributed by atoms with Crippen LogP contribution in [0.2, 0.25) is 0 Å². The molecular formula is C19H19F3N2O4S. The fraction of sp³-hybridized carbons (Fsp3) is 0.316. The van der Waals surface area contributed by atoms with Crippen molar-refractivity contribution in [3.05, 3.63) is 59.6 Å². The van der Waals surface area contributed by atoms with Gasteiger partial charge in [0, 0.05) is 32.3 Å². The van der Waals surface area contributed by atoms with Crippen LogP contribution in [0.4, 0.5) is 13.2 Å². The molecule has 1 amide bonds. The number of piperazine rings is 1. The standard InChI is InChI=1S/C19H19F3N2O4S/c1-14-2-5-16(28-14)6-9-18(25)23-10-12-24(13-11-23)29(26,27)17-7-3-15(4-8-17)19(20,21)22/h2-9H,10-13H2,1H3/b9-6+. The number of aryl methyl sites for hydroxylation is 1. The van der Waals surface area contributed by atoms with Gasteiger partial charge < -0.3 is 9.32 Å². The third-order valence-electron chi connectivity index (χ3n) is 4.52. The van der Waals surface area contributed by atoms with E-state index in [1.807, 2.05) is 0 Å². The number of amides is 1. The SMILES string of the molecule is Cc1ccc(/C=C/C(=O)N2CCN(S(=O)(=O)c3ccc(C(F)(F)F)cc3)CC2)o1.